The van der Waals surface area contributed by atoms with Crippen LogP contribution in [0.15, 0.2) is 18.3 Å². The standard InChI is InChI=1S/C10H6Cl3N/c1-5-2-3-14-10-7(12)4-6(11)9(13)8(5)10/h2-4H,1H3. The first-order chi connectivity index (χ1) is 6.61. The predicted molar refractivity (Wildman–Crippen MR) is 61.5 cm³/mol. The number of nitrogens with zero attached hydrogens (tertiary/aromatic N) is 1. The molecule has 0 radical (unpaired) electrons. The van der Waals surface area contributed by atoms with E-state index in [1.807, 2.05) is 13.0 Å². The fourth-order valence-corrected chi connectivity index (χ4v) is 2.18. The van der Waals surface area contributed by atoms with Gasteiger partial charge < -0.3 is 0 Å². The Morgan fingerprint density at radius 2 is 1.86 bits per heavy atom. The summed E-state index contributed by atoms with van der Waals surface area (Å²) in [5.74, 6) is 0. The van der Waals surface area contributed by atoms with E-state index in [4.69, 9.17) is 34.8 Å². The lowest BCUT2D eigenvalue weighted by atomic mass is 10.1. The zero-order chi connectivity index (χ0) is 10.3. The zero-order valence-corrected chi connectivity index (χ0v) is 9.58. The van der Waals surface area contributed by atoms with Crippen LogP contribution in [-0.2, 0) is 0 Å². The SMILES string of the molecule is Cc1ccnc2c(Cl)cc(Cl)c(Cl)c12. The van der Waals surface area contributed by atoms with E-state index in [0.717, 1.165) is 10.9 Å². The van der Waals surface area contributed by atoms with Gasteiger partial charge in [0.15, 0.2) is 0 Å². The highest BCUT2D eigenvalue weighted by Crippen LogP contribution is 2.36. The van der Waals surface area contributed by atoms with Gasteiger partial charge in [-0.15, -0.1) is 0 Å². The Hall–Kier alpha value is -0.500. The molecule has 0 N–H and O–H groups in total. The van der Waals surface area contributed by atoms with Crippen LogP contribution in [0.3, 0.4) is 0 Å². The fraction of sp³-hybridized carbons (Fsp3) is 0.100. The van der Waals surface area contributed by atoms with Gasteiger partial charge in [-0.1, -0.05) is 34.8 Å². The summed E-state index contributed by atoms with van der Waals surface area (Å²) in [6, 6.07) is 3.49. The summed E-state index contributed by atoms with van der Waals surface area (Å²) in [6.07, 6.45) is 1.70. The molecule has 1 heterocycles. The molecule has 0 aliphatic carbocycles. The molecule has 2 aromatic rings. The van der Waals surface area contributed by atoms with Crippen molar-refractivity contribution in [1.29, 1.82) is 0 Å². The minimum atomic E-state index is 0.459. The topological polar surface area (TPSA) is 12.9 Å². The summed E-state index contributed by atoms with van der Waals surface area (Å²) in [4.78, 5) is 4.17. The molecule has 1 aromatic heterocycles. The Labute approximate surface area is 96.6 Å². The Morgan fingerprint density at radius 1 is 1.14 bits per heavy atom. The van der Waals surface area contributed by atoms with Gasteiger partial charge in [-0.2, -0.15) is 0 Å². The van der Waals surface area contributed by atoms with E-state index in [9.17, 15) is 0 Å². The first kappa shape index (κ1) is 10.0. The molecule has 72 valence electrons. The second-order valence-electron chi connectivity index (χ2n) is 3.01. The van der Waals surface area contributed by atoms with Crippen LogP contribution in [0.5, 0.6) is 0 Å². The highest BCUT2D eigenvalue weighted by molar-refractivity contribution is 6.47. The summed E-state index contributed by atoms with van der Waals surface area (Å²) in [7, 11) is 0. The molecule has 0 saturated heterocycles. The number of benzene rings is 1. The Balaban J connectivity index is 3.03. The van der Waals surface area contributed by atoms with Gasteiger partial charge >= 0.3 is 0 Å². The molecule has 0 atom stereocenters. The number of hydrogen-bond acceptors (Lipinski definition) is 1. The molecule has 0 amide bonds. The van der Waals surface area contributed by atoms with Gasteiger partial charge in [0.1, 0.15) is 0 Å². The fourth-order valence-electron chi connectivity index (χ4n) is 1.38. The molecule has 14 heavy (non-hydrogen) atoms. The molecule has 0 aliphatic heterocycles. The number of fused-ring (bicyclic) bond motifs is 1. The summed E-state index contributed by atoms with van der Waals surface area (Å²) in [6.45, 7) is 1.95. The first-order valence-electron chi connectivity index (χ1n) is 4.00. The van der Waals surface area contributed by atoms with Crippen molar-refractivity contribution in [3.05, 3.63) is 39.0 Å². The third kappa shape index (κ3) is 1.46. The number of aryl methyl sites for hydroxylation is 1. The first-order valence-corrected chi connectivity index (χ1v) is 5.13. The van der Waals surface area contributed by atoms with Gasteiger partial charge in [-0.25, -0.2) is 0 Å². The zero-order valence-electron chi connectivity index (χ0n) is 7.31. The van der Waals surface area contributed by atoms with Gasteiger partial charge in [0.2, 0.25) is 0 Å². The van der Waals surface area contributed by atoms with Crippen molar-refractivity contribution in [3.8, 4) is 0 Å². The molecule has 0 aliphatic rings. The lowest BCUT2D eigenvalue weighted by Crippen LogP contribution is -1.85. The van der Waals surface area contributed by atoms with Crippen molar-refractivity contribution in [2.45, 2.75) is 6.92 Å². The van der Waals surface area contributed by atoms with Crippen molar-refractivity contribution in [1.82, 2.24) is 4.98 Å². The van der Waals surface area contributed by atoms with Crippen LogP contribution in [0, 0.1) is 6.92 Å². The molecule has 1 nitrogen and oxygen atoms in total. The highest BCUT2D eigenvalue weighted by atomic mass is 35.5. The number of pyridine rings is 1. The molecule has 4 heteroatoms. The van der Waals surface area contributed by atoms with Gasteiger partial charge in [0, 0.05) is 11.6 Å². The van der Waals surface area contributed by atoms with Crippen LogP contribution in [0.2, 0.25) is 15.1 Å². The Morgan fingerprint density at radius 3 is 2.57 bits per heavy atom. The maximum absolute atomic E-state index is 6.07. The van der Waals surface area contributed by atoms with E-state index in [2.05, 4.69) is 4.98 Å². The minimum Gasteiger partial charge on any atom is -0.255 e. The Bertz CT molecular complexity index is 508. The normalized spacial score (nSPS) is 10.9. The molecule has 0 spiro atoms. The number of aromatic nitrogens is 1. The van der Waals surface area contributed by atoms with Crippen molar-refractivity contribution in [3.63, 3.8) is 0 Å². The molecular weight excluding hydrogens is 240 g/mol. The number of rotatable bonds is 0. The van der Waals surface area contributed by atoms with E-state index >= 15 is 0 Å². The van der Waals surface area contributed by atoms with Crippen molar-refractivity contribution in [2.75, 3.05) is 0 Å². The second kappa shape index (κ2) is 3.58. The summed E-state index contributed by atoms with van der Waals surface area (Å²) in [5, 5.41) is 2.32. The summed E-state index contributed by atoms with van der Waals surface area (Å²) < 4.78 is 0. The molecular formula is C10H6Cl3N. The van der Waals surface area contributed by atoms with E-state index in [1.54, 1.807) is 12.3 Å². The number of halogens is 3. The van der Waals surface area contributed by atoms with Crippen LogP contribution in [0.1, 0.15) is 5.56 Å². The van der Waals surface area contributed by atoms with Gasteiger partial charge in [-0.05, 0) is 24.6 Å². The van der Waals surface area contributed by atoms with E-state index in [1.165, 1.54) is 0 Å². The second-order valence-corrected chi connectivity index (χ2v) is 4.20. The number of hydrogen-bond donors (Lipinski definition) is 0. The minimum absolute atomic E-state index is 0.459. The summed E-state index contributed by atoms with van der Waals surface area (Å²) in [5.41, 5.74) is 1.71. The molecule has 0 fully saturated rings. The van der Waals surface area contributed by atoms with Crippen molar-refractivity contribution in [2.24, 2.45) is 0 Å². The van der Waals surface area contributed by atoms with Gasteiger partial charge in [0.05, 0.1) is 20.6 Å². The lowest BCUT2D eigenvalue weighted by molar-refractivity contribution is 1.37. The van der Waals surface area contributed by atoms with Crippen LogP contribution in [0.25, 0.3) is 10.9 Å². The smallest absolute Gasteiger partial charge is 0.0906 e. The van der Waals surface area contributed by atoms with E-state index in [-0.39, 0.29) is 0 Å². The van der Waals surface area contributed by atoms with Crippen LogP contribution < -0.4 is 0 Å². The van der Waals surface area contributed by atoms with Crippen molar-refractivity contribution < 1.29 is 0 Å². The monoisotopic (exact) mass is 245 g/mol. The molecule has 0 bridgehead atoms. The molecule has 2 rings (SSSR count). The van der Waals surface area contributed by atoms with Crippen LogP contribution in [0.4, 0.5) is 0 Å². The summed E-state index contributed by atoms with van der Waals surface area (Å²) >= 11 is 18.0. The van der Waals surface area contributed by atoms with Gasteiger partial charge in [0.25, 0.3) is 0 Å². The van der Waals surface area contributed by atoms with E-state index < -0.39 is 0 Å². The Kier molecular flexibility index (Phi) is 2.56. The maximum Gasteiger partial charge on any atom is 0.0906 e. The van der Waals surface area contributed by atoms with Gasteiger partial charge in [-0.3, -0.25) is 4.98 Å². The lowest BCUT2D eigenvalue weighted by Gasteiger charge is -2.06. The molecule has 0 saturated carbocycles. The predicted octanol–water partition coefficient (Wildman–Crippen LogP) is 4.50. The third-order valence-corrected chi connectivity index (χ3v) is 3.14. The molecule has 1 aromatic carbocycles. The van der Waals surface area contributed by atoms with Crippen LogP contribution in [-0.4, -0.2) is 4.98 Å². The van der Waals surface area contributed by atoms with Crippen molar-refractivity contribution >= 4 is 45.7 Å². The average Bonchev–Trinajstić information content (AvgIpc) is 2.14. The van der Waals surface area contributed by atoms with Crippen LogP contribution >= 0.6 is 34.8 Å². The highest BCUT2D eigenvalue weighted by Gasteiger charge is 2.10. The maximum atomic E-state index is 6.07. The largest absolute Gasteiger partial charge is 0.255 e. The molecule has 0 unspecified atom stereocenters. The van der Waals surface area contributed by atoms with E-state index in [0.29, 0.717) is 20.6 Å². The third-order valence-electron chi connectivity index (χ3n) is 2.07. The quantitative estimate of drug-likeness (QED) is 0.624. The average molecular weight is 247 g/mol.